The van der Waals surface area contributed by atoms with Crippen LogP contribution in [0.4, 0.5) is 0 Å². The van der Waals surface area contributed by atoms with Gasteiger partial charge in [0, 0.05) is 12.8 Å². The fraction of sp³-hybridized carbons (Fsp3) is 0.855. The number of esters is 2. The first-order valence-corrected chi connectivity index (χ1v) is 33.2. The second kappa shape index (κ2) is 65.1. The zero-order valence-electron chi connectivity index (χ0n) is 49.9. The van der Waals surface area contributed by atoms with Gasteiger partial charge in [-0.2, -0.15) is 0 Å². The van der Waals surface area contributed by atoms with E-state index in [0.29, 0.717) is 12.8 Å². The Bertz CT molecular complexity index is 1220. The lowest BCUT2D eigenvalue weighted by molar-refractivity contribution is -0.161. The first-order valence-electron chi connectivity index (χ1n) is 33.2. The van der Waals surface area contributed by atoms with Crippen molar-refractivity contribution in [1.82, 2.24) is 0 Å². The summed E-state index contributed by atoms with van der Waals surface area (Å²) < 4.78 is 10.8. The molecule has 0 aromatic carbocycles. The number of allylic oxidation sites excluding steroid dienone is 8. The molecule has 5 nitrogen and oxygen atoms in total. The number of aliphatic hydroxyl groups is 1. The maximum Gasteiger partial charge on any atom is 0.306 e. The quantitative estimate of drug-likeness (QED) is 0.0373. The molecule has 1 N–H and O–H groups in total. The van der Waals surface area contributed by atoms with Gasteiger partial charge in [0.05, 0.1) is 6.61 Å². The third-order valence-electron chi connectivity index (χ3n) is 15.1. The minimum Gasteiger partial charge on any atom is -0.462 e. The Morgan fingerprint density at radius 2 is 0.541 bits per heavy atom. The van der Waals surface area contributed by atoms with E-state index in [4.69, 9.17) is 9.47 Å². The van der Waals surface area contributed by atoms with Crippen molar-refractivity contribution in [2.24, 2.45) is 0 Å². The minimum absolute atomic E-state index is 0.0611. The number of carbonyl (C=O) groups excluding carboxylic acids is 2. The van der Waals surface area contributed by atoms with Gasteiger partial charge in [0.15, 0.2) is 6.10 Å². The van der Waals surface area contributed by atoms with Crippen LogP contribution in [0.2, 0.25) is 0 Å². The van der Waals surface area contributed by atoms with Crippen LogP contribution < -0.4 is 0 Å². The number of ether oxygens (including phenoxy) is 2. The Kier molecular flexibility index (Phi) is 63.3. The van der Waals surface area contributed by atoms with E-state index in [1.54, 1.807) is 0 Å². The average Bonchev–Trinajstić information content (AvgIpc) is 3.40. The highest BCUT2D eigenvalue weighted by Crippen LogP contribution is 2.18. The molecule has 0 aromatic rings. The molecule has 5 heteroatoms. The summed E-state index contributed by atoms with van der Waals surface area (Å²) in [6.45, 7) is 4.17. The molecule has 0 aliphatic heterocycles. The van der Waals surface area contributed by atoms with Crippen LogP contribution in [0, 0.1) is 0 Å². The third kappa shape index (κ3) is 62.4. The lowest BCUT2D eigenvalue weighted by atomic mass is 10.0. The lowest BCUT2D eigenvalue weighted by Crippen LogP contribution is -2.28. The van der Waals surface area contributed by atoms with E-state index in [-0.39, 0.29) is 25.2 Å². The highest BCUT2D eigenvalue weighted by molar-refractivity contribution is 5.70. The molecule has 0 bridgehead atoms. The van der Waals surface area contributed by atoms with Crippen LogP contribution in [0.5, 0.6) is 0 Å². The second-order valence-electron chi connectivity index (χ2n) is 22.5. The van der Waals surface area contributed by atoms with Crippen LogP contribution in [-0.2, 0) is 19.1 Å². The monoisotopic (exact) mass is 1040 g/mol. The summed E-state index contributed by atoms with van der Waals surface area (Å²) in [5.74, 6) is -0.570. The molecular formula is C69H128O5. The van der Waals surface area contributed by atoms with Crippen LogP contribution in [0.3, 0.4) is 0 Å². The van der Waals surface area contributed by atoms with Gasteiger partial charge in [-0.3, -0.25) is 9.59 Å². The molecular weight excluding hydrogens is 909 g/mol. The predicted molar refractivity (Wildman–Crippen MR) is 325 cm³/mol. The number of aliphatic hydroxyl groups excluding tert-OH is 1. The van der Waals surface area contributed by atoms with Crippen molar-refractivity contribution in [1.29, 1.82) is 0 Å². The van der Waals surface area contributed by atoms with Crippen molar-refractivity contribution in [3.8, 4) is 0 Å². The van der Waals surface area contributed by atoms with Crippen molar-refractivity contribution in [3.05, 3.63) is 48.6 Å². The molecule has 1 atom stereocenters. The molecule has 0 saturated carbocycles. The van der Waals surface area contributed by atoms with Gasteiger partial charge in [-0.15, -0.1) is 0 Å². The summed E-state index contributed by atoms with van der Waals surface area (Å²) in [7, 11) is 0. The van der Waals surface area contributed by atoms with E-state index in [1.807, 2.05) is 0 Å². The molecule has 0 aliphatic rings. The summed E-state index contributed by atoms with van der Waals surface area (Å²) in [5.41, 5.74) is 0. The van der Waals surface area contributed by atoms with Crippen LogP contribution >= 0.6 is 0 Å². The molecule has 0 saturated heterocycles. The van der Waals surface area contributed by atoms with Crippen molar-refractivity contribution in [2.45, 2.75) is 367 Å². The first-order chi connectivity index (χ1) is 36.6. The molecule has 1 unspecified atom stereocenters. The molecule has 0 radical (unpaired) electrons. The van der Waals surface area contributed by atoms with Crippen molar-refractivity contribution in [3.63, 3.8) is 0 Å². The van der Waals surface area contributed by atoms with Crippen molar-refractivity contribution in [2.75, 3.05) is 13.2 Å². The number of hydrogen-bond donors (Lipinski definition) is 1. The molecule has 0 spiro atoms. The number of hydrogen-bond acceptors (Lipinski definition) is 5. The fourth-order valence-corrected chi connectivity index (χ4v) is 10.1. The van der Waals surface area contributed by atoms with E-state index in [9.17, 15) is 14.7 Å². The smallest absolute Gasteiger partial charge is 0.306 e. The van der Waals surface area contributed by atoms with Gasteiger partial charge in [-0.25, -0.2) is 0 Å². The summed E-state index contributed by atoms with van der Waals surface area (Å²) in [6, 6.07) is 0. The van der Waals surface area contributed by atoms with Crippen LogP contribution in [0.1, 0.15) is 361 Å². The normalized spacial score (nSPS) is 12.4. The average molecular weight is 1040 g/mol. The highest BCUT2D eigenvalue weighted by Gasteiger charge is 2.16. The Balaban J connectivity index is 3.41. The lowest BCUT2D eigenvalue weighted by Gasteiger charge is -2.15. The predicted octanol–water partition coefficient (Wildman–Crippen LogP) is 22.8. The van der Waals surface area contributed by atoms with E-state index in [0.717, 1.165) is 51.4 Å². The van der Waals surface area contributed by atoms with E-state index in [2.05, 4.69) is 62.5 Å². The van der Waals surface area contributed by atoms with Gasteiger partial charge in [0.2, 0.25) is 0 Å². The van der Waals surface area contributed by atoms with Crippen molar-refractivity contribution < 1.29 is 24.2 Å². The van der Waals surface area contributed by atoms with Crippen LogP contribution in [-0.4, -0.2) is 36.4 Å². The molecule has 0 fully saturated rings. The van der Waals surface area contributed by atoms with Crippen molar-refractivity contribution >= 4 is 11.9 Å². The molecule has 0 rings (SSSR count). The standard InChI is InChI=1S/C69H128O5/c1-3-5-7-9-11-13-15-17-19-21-23-25-27-29-31-33-34-36-38-40-42-44-46-48-50-52-54-56-58-60-62-64-69(72)74-67(65-70)66-73-68(71)63-61-59-57-55-53-51-49-47-45-43-41-39-37-35-32-30-28-26-24-22-20-18-16-14-12-10-8-6-4-2/h15-18,21-24,67,70H,3-14,19-20,25-66H2,1-2H3/b17-15-,18-16-,23-21-,24-22-. The fourth-order valence-electron chi connectivity index (χ4n) is 10.1. The molecule has 0 aromatic heterocycles. The first kappa shape index (κ1) is 71.9. The number of unbranched alkanes of at least 4 members (excludes halogenated alkanes) is 46. The van der Waals surface area contributed by atoms with Gasteiger partial charge >= 0.3 is 11.9 Å². The van der Waals surface area contributed by atoms with Gasteiger partial charge in [-0.05, 0) is 77.0 Å². The molecule has 434 valence electrons. The maximum atomic E-state index is 12.4. The summed E-state index contributed by atoms with van der Waals surface area (Å²) >= 11 is 0. The SMILES string of the molecule is CCCCCCC/C=C\C/C=C\CCCCCCCCCCCCCCCCCCCCCC(=O)OC(CO)COC(=O)CCCCCCCCCCCCCCCCCCC/C=C\C/C=C\CCCCCCC. The van der Waals surface area contributed by atoms with E-state index in [1.165, 1.54) is 283 Å². The Hall–Kier alpha value is -2.14. The molecule has 74 heavy (non-hydrogen) atoms. The Morgan fingerprint density at radius 1 is 0.311 bits per heavy atom. The summed E-state index contributed by atoms with van der Waals surface area (Å²) in [4.78, 5) is 24.6. The molecule has 0 heterocycles. The van der Waals surface area contributed by atoms with Crippen LogP contribution in [0.25, 0.3) is 0 Å². The Morgan fingerprint density at radius 3 is 0.797 bits per heavy atom. The Labute approximate surface area is 462 Å². The minimum atomic E-state index is -0.771. The number of rotatable bonds is 62. The topological polar surface area (TPSA) is 72.8 Å². The largest absolute Gasteiger partial charge is 0.462 e. The molecule has 0 aliphatic carbocycles. The second-order valence-corrected chi connectivity index (χ2v) is 22.5. The van der Waals surface area contributed by atoms with Gasteiger partial charge < -0.3 is 14.6 Å². The van der Waals surface area contributed by atoms with E-state index < -0.39 is 6.10 Å². The zero-order chi connectivity index (χ0) is 53.4. The van der Waals surface area contributed by atoms with Gasteiger partial charge in [0.25, 0.3) is 0 Å². The van der Waals surface area contributed by atoms with Gasteiger partial charge in [0.1, 0.15) is 6.61 Å². The van der Waals surface area contributed by atoms with Crippen LogP contribution in [0.15, 0.2) is 48.6 Å². The highest BCUT2D eigenvalue weighted by atomic mass is 16.6. The number of carbonyl (C=O) groups is 2. The summed E-state index contributed by atoms with van der Waals surface area (Å²) in [5, 5.41) is 9.69. The molecule has 0 amide bonds. The van der Waals surface area contributed by atoms with Gasteiger partial charge in [-0.1, -0.05) is 319 Å². The van der Waals surface area contributed by atoms with E-state index >= 15 is 0 Å². The maximum absolute atomic E-state index is 12.4. The third-order valence-corrected chi connectivity index (χ3v) is 15.1. The zero-order valence-corrected chi connectivity index (χ0v) is 49.9. The summed E-state index contributed by atoms with van der Waals surface area (Å²) in [6.07, 6.45) is 87.0.